The number of hydrogen-bond donors (Lipinski definition) is 0. The van der Waals surface area contributed by atoms with Crippen LogP contribution in [0.15, 0.2) is 0 Å². The molecule has 6 nitrogen and oxygen atoms in total. The third-order valence-electron chi connectivity index (χ3n) is 0. The predicted molar refractivity (Wildman–Crippen MR) is 30.9 cm³/mol. The van der Waals surface area contributed by atoms with Gasteiger partial charge in [0.1, 0.15) is 0 Å². The molecule has 0 radical (unpaired) electrons. The van der Waals surface area contributed by atoms with Crippen molar-refractivity contribution >= 4 is 0 Å². The molecule has 0 atom stereocenters. The van der Waals surface area contributed by atoms with Gasteiger partial charge >= 0.3 is 56.5 Å². The normalized spacial score (nSPS) is 1.29. The van der Waals surface area contributed by atoms with Crippen LogP contribution < -0.4 is 0 Å². The van der Waals surface area contributed by atoms with Crippen molar-refractivity contribution in [3.8, 4) is 6.07 Å². The SMILES string of the molecule is CC#N.[C-]#[O+].[C-]#[O+].[C-]#[O+].[C-]#[O+].[C-]#[O+].[Mo]. The van der Waals surface area contributed by atoms with Gasteiger partial charge in [0.25, 0.3) is 0 Å². The van der Waals surface area contributed by atoms with Crippen molar-refractivity contribution in [1.82, 2.24) is 0 Å². The largest absolute Gasteiger partial charge is 0 e. The van der Waals surface area contributed by atoms with E-state index in [0.29, 0.717) is 0 Å². The summed E-state index contributed by atoms with van der Waals surface area (Å²) >= 11 is 0. The maximum atomic E-state index is 7.50. The van der Waals surface area contributed by atoms with Crippen molar-refractivity contribution in [3.05, 3.63) is 33.3 Å². The van der Waals surface area contributed by atoms with Gasteiger partial charge in [-0.1, -0.05) is 0 Å². The second-order valence-corrected chi connectivity index (χ2v) is 0.224. The fourth-order valence-corrected chi connectivity index (χ4v) is 0. The molecule has 0 saturated carbocycles. The number of hydrogen-bond acceptors (Lipinski definition) is 1. The van der Waals surface area contributed by atoms with E-state index < -0.39 is 0 Å². The first kappa shape index (κ1) is 52.6. The second kappa shape index (κ2) is 94900. The minimum Gasteiger partial charge on any atom is 0 e. The summed E-state index contributed by atoms with van der Waals surface area (Å²) in [4.78, 5) is 0. The molecule has 0 aromatic carbocycles. The molecule has 0 aliphatic carbocycles. The Kier molecular flexibility index (Phi) is 357000. The van der Waals surface area contributed by atoms with Crippen LogP contribution in [0.2, 0.25) is 0 Å². The van der Waals surface area contributed by atoms with Crippen LogP contribution in [0.1, 0.15) is 6.92 Å². The second-order valence-electron chi connectivity index (χ2n) is 0.224. The Morgan fingerprint density at radius 2 is 0.714 bits per heavy atom. The first-order chi connectivity index (χ1) is 6.41. The minimum atomic E-state index is 0. The average Bonchev–Trinajstić information content (AvgIpc) is 2.32. The minimum absolute atomic E-state index is 0. The van der Waals surface area contributed by atoms with E-state index in [1.807, 2.05) is 0 Å². The molecule has 0 unspecified atom stereocenters. The van der Waals surface area contributed by atoms with E-state index in [2.05, 4.69) is 33.3 Å². The Morgan fingerprint density at radius 3 is 0.714 bits per heavy atom. The summed E-state index contributed by atoms with van der Waals surface area (Å²) in [6.45, 7) is 23.9. The Morgan fingerprint density at radius 1 is 0.714 bits per heavy atom. The zero-order valence-electron chi connectivity index (χ0n) is 6.90. The summed E-state index contributed by atoms with van der Waals surface area (Å²) in [5.41, 5.74) is 0. The van der Waals surface area contributed by atoms with Crippen molar-refractivity contribution in [2.24, 2.45) is 0 Å². The van der Waals surface area contributed by atoms with Crippen LogP contribution in [0, 0.1) is 44.6 Å². The molecule has 72 valence electrons. The molecule has 0 N–H and O–H groups in total. The Balaban J connectivity index is -0.00000000838. The van der Waals surface area contributed by atoms with E-state index in [9.17, 15) is 0 Å². The van der Waals surface area contributed by atoms with Gasteiger partial charge in [0.15, 0.2) is 0 Å². The quantitative estimate of drug-likeness (QED) is 0.353. The molecule has 0 heterocycles. The van der Waals surface area contributed by atoms with Gasteiger partial charge in [-0.3, -0.25) is 0 Å². The van der Waals surface area contributed by atoms with Gasteiger partial charge in [0.05, 0.1) is 6.07 Å². The molecule has 0 aromatic rings. The summed E-state index contributed by atoms with van der Waals surface area (Å²) in [6.07, 6.45) is 0. The Hall–Kier alpha value is -1.12. The van der Waals surface area contributed by atoms with Crippen molar-refractivity contribution in [2.45, 2.75) is 6.92 Å². The van der Waals surface area contributed by atoms with E-state index >= 15 is 0 Å². The van der Waals surface area contributed by atoms with E-state index in [4.69, 9.17) is 28.5 Å². The van der Waals surface area contributed by atoms with Gasteiger partial charge in [-0.2, -0.15) is 5.26 Å². The molecule has 0 aromatic heterocycles. The van der Waals surface area contributed by atoms with Gasteiger partial charge in [-0.25, -0.2) is 0 Å². The number of rotatable bonds is 0. The first-order valence-corrected chi connectivity index (χ1v) is 1.74. The number of nitrogens with zero attached hydrogens (tertiary/aromatic N) is 1. The molecule has 0 fully saturated rings. The van der Waals surface area contributed by atoms with Crippen LogP contribution in [0.5, 0.6) is 0 Å². The molecular formula is C7H3MoNO5. The summed E-state index contributed by atoms with van der Waals surface area (Å²) < 4.78 is 37.5. The zero-order valence-corrected chi connectivity index (χ0v) is 8.90. The van der Waals surface area contributed by atoms with Crippen LogP contribution >= 0.6 is 0 Å². The van der Waals surface area contributed by atoms with Gasteiger partial charge in [0.2, 0.25) is 0 Å². The van der Waals surface area contributed by atoms with E-state index in [1.54, 1.807) is 6.07 Å². The predicted octanol–water partition coefficient (Wildman–Crippen LogP) is 0.340. The van der Waals surface area contributed by atoms with Crippen molar-refractivity contribution in [3.63, 3.8) is 0 Å². The van der Waals surface area contributed by atoms with Crippen LogP contribution in [-0.4, -0.2) is 0 Å². The molecule has 0 bridgehead atoms. The molecular weight excluding hydrogens is 274 g/mol. The van der Waals surface area contributed by atoms with Crippen molar-refractivity contribution < 1.29 is 44.3 Å². The molecule has 0 spiro atoms. The number of nitriles is 1. The maximum absolute atomic E-state index is 7.50. The summed E-state index contributed by atoms with van der Waals surface area (Å²) in [5.74, 6) is 0. The Bertz CT molecular complexity index is 138. The molecule has 0 rings (SSSR count). The average molecular weight is 277 g/mol. The summed E-state index contributed by atoms with van der Waals surface area (Å²) in [6, 6.07) is 1.75. The smallest absolute Gasteiger partial charge is 0 e. The third-order valence-corrected chi connectivity index (χ3v) is 0. The molecule has 0 aliphatic heterocycles. The standard InChI is InChI=1S/C2H3N.5CO.Mo/c1-2-3;5*1-2;/h1H3;;;;;;. The van der Waals surface area contributed by atoms with Crippen LogP contribution in [0.3, 0.4) is 0 Å². The fourth-order valence-electron chi connectivity index (χ4n) is 0. The Labute approximate surface area is 96.1 Å². The van der Waals surface area contributed by atoms with E-state index in [1.165, 1.54) is 6.92 Å². The molecule has 7 heteroatoms. The van der Waals surface area contributed by atoms with Crippen LogP contribution in [-0.2, 0) is 44.3 Å². The molecule has 0 amide bonds. The fraction of sp³-hybridized carbons (Fsp3) is 0.143. The van der Waals surface area contributed by atoms with Crippen LogP contribution in [0.4, 0.5) is 0 Å². The monoisotopic (exact) mass is 279 g/mol. The van der Waals surface area contributed by atoms with Crippen LogP contribution in [0.25, 0.3) is 0 Å². The summed E-state index contributed by atoms with van der Waals surface area (Å²) in [7, 11) is 0. The van der Waals surface area contributed by atoms with E-state index in [-0.39, 0.29) is 21.1 Å². The zero-order chi connectivity index (χ0) is 12.7. The van der Waals surface area contributed by atoms with Gasteiger partial charge in [0, 0.05) is 28.0 Å². The van der Waals surface area contributed by atoms with Gasteiger partial charge in [-0.05, 0) is 0 Å². The maximum Gasteiger partial charge on any atom is 0 e. The van der Waals surface area contributed by atoms with Gasteiger partial charge in [-0.15, -0.1) is 0 Å². The topological polar surface area (TPSA) is 123 Å². The first-order valence-electron chi connectivity index (χ1n) is 1.74. The molecule has 0 aliphatic rings. The molecule has 0 saturated heterocycles. The van der Waals surface area contributed by atoms with Gasteiger partial charge < -0.3 is 0 Å². The summed E-state index contributed by atoms with van der Waals surface area (Å²) in [5, 5.41) is 7.32. The molecule has 14 heavy (non-hydrogen) atoms. The van der Waals surface area contributed by atoms with Crippen molar-refractivity contribution in [2.75, 3.05) is 0 Å². The third kappa shape index (κ3) is 844. The van der Waals surface area contributed by atoms with Crippen molar-refractivity contribution in [1.29, 1.82) is 5.26 Å². The van der Waals surface area contributed by atoms with E-state index in [0.717, 1.165) is 0 Å².